The molecule has 0 unspecified atom stereocenters. The first-order valence-corrected chi connectivity index (χ1v) is 9.39. The molecule has 0 aliphatic carbocycles. The first-order valence-electron chi connectivity index (χ1n) is 9.39. The van der Waals surface area contributed by atoms with Crippen LogP contribution in [0.3, 0.4) is 0 Å². The van der Waals surface area contributed by atoms with Crippen LogP contribution in [0.25, 0.3) is 11.0 Å². The lowest BCUT2D eigenvalue weighted by atomic mass is 10.1. The average Bonchev–Trinajstić information content (AvgIpc) is 3.11. The van der Waals surface area contributed by atoms with Crippen molar-refractivity contribution in [3.05, 3.63) is 58.0 Å². The Morgan fingerprint density at radius 1 is 1.10 bits per heavy atom. The highest BCUT2D eigenvalue weighted by atomic mass is 16.5. The summed E-state index contributed by atoms with van der Waals surface area (Å²) in [5.41, 5.74) is 2.31. The van der Waals surface area contributed by atoms with Crippen molar-refractivity contribution in [2.45, 2.75) is 26.6 Å². The second kappa shape index (κ2) is 9.27. The molecule has 1 atom stereocenters. The van der Waals surface area contributed by atoms with Gasteiger partial charge in [-0.2, -0.15) is 0 Å². The van der Waals surface area contributed by atoms with Crippen molar-refractivity contribution in [2.75, 3.05) is 19.0 Å². The molecule has 0 aliphatic rings. The normalized spacial score (nSPS) is 11.8. The number of fused-ring (bicyclic) bond motifs is 1. The number of methoxy groups -OCH3 is 1. The van der Waals surface area contributed by atoms with E-state index in [1.165, 1.54) is 14.0 Å². The Morgan fingerprint density at radius 3 is 2.60 bits per heavy atom. The number of hydrogen-bond acceptors (Lipinski definition) is 6. The molecule has 1 aromatic heterocycles. The van der Waals surface area contributed by atoms with Gasteiger partial charge in [-0.05, 0) is 50.2 Å². The Hall–Kier alpha value is -3.59. The number of amides is 1. The Labute approximate surface area is 172 Å². The predicted octanol–water partition coefficient (Wildman–Crippen LogP) is 2.59. The van der Waals surface area contributed by atoms with Crippen LogP contribution in [-0.2, 0) is 20.9 Å². The lowest BCUT2D eigenvalue weighted by molar-refractivity contribution is -0.123. The van der Waals surface area contributed by atoms with Gasteiger partial charge in [0.1, 0.15) is 5.75 Å². The Kier molecular flexibility index (Phi) is 6.53. The second-order valence-electron chi connectivity index (χ2n) is 6.54. The van der Waals surface area contributed by atoms with E-state index in [4.69, 9.17) is 14.2 Å². The molecule has 0 radical (unpaired) electrons. The van der Waals surface area contributed by atoms with Gasteiger partial charge in [0.2, 0.25) is 0 Å². The molecular formula is C21H23N3O6. The number of benzene rings is 2. The highest BCUT2D eigenvalue weighted by Gasteiger charge is 2.20. The minimum absolute atomic E-state index is 0.288. The number of ether oxygens (including phenoxy) is 3. The third-order valence-electron chi connectivity index (χ3n) is 4.41. The molecule has 0 saturated carbocycles. The number of imidazole rings is 1. The lowest BCUT2D eigenvalue weighted by Gasteiger charge is -2.15. The largest absolute Gasteiger partial charge is 0.496 e. The summed E-state index contributed by atoms with van der Waals surface area (Å²) >= 11 is 0. The zero-order valence-electron chi connectivity index (χ0n) is 16.9. The molecule has 3 rings (SSSR count). The smallest absolute Gasteiger partial charge is 0.338 e. The SMILES string of the molecule is CCOCc1cc(C(=O)O[C@H](C)C(=O)Nc2ccc3[nH]c(=O)[nH]c3c2)ccc1OC. The van der Waals surface area contributed by atoms with E-state index in [9.17, 15) is 14.4 Å². The van der Waals surface area contributed by atoms with Crippen LogP contribution in [-0.4, -0.2) is 41.7 Å². The van der Waals surface area contributed by atoms with Crippen molar-refractivity contribution in [2.24, 2.45) is 0 Å². The molecule has 0 spiro atoms. The molecule has 0 aliphatic heterocycles. The fourth-order valence-corrected chi connectivity index (χ4v) is 2.87. The van der Waals surface area contributed by atoms with E-state index in [1.807, 2.05) is 6.92 Å². The van der Waals surface area contributed by atoms with Crippen molar-refractivity contribution >= 4 is 28.6 Å². The first-order chi connectivity index (χ1) is 14.4. The minimum atomic E-state index is -1.03. The van der Waals surface area contributed by atoms with E-state index in [2.05, 4.69) is 15.3 Å². The number of carbonyl (C=O) groups is 2. The zero-order valence-corrected chi connectivity index (χ0v) is 16.9. The number of aromatic amines is 2. The molecule has 2 aromatic carbocycles. The molecular weight excluding hydrogens is 390 g/mol. The molecule has 0 fully saturated rings. The zero-order chi connectivity index (χ0) is 21.7. The van der Waals surface area contributed by atoms with Gasteiger partial charge in [-0.3, -0.25) is 4.79 Å². The van der Waals surface area contributed by atoms with Crippen LogP contribution in [0.1, 0.15) is 29.8 Å². The summed E-state index contributed by atoms with van der Waals surface area (Å²) in [7, 11) is 1.54. The summed E-state index contributed by atoms with van der Waals surface area (Å²) in [6.45, 7) is 4.17. The van der Waals surface area contributed by atoms with Gasteiger partial charge in [-0.1, -0.05) is 0 Å². The van der Waals surface area contributed by atoms with Crippen LogP contribution in [0.5, 0.6) is 5.75 Å². The van der Waals surface area contributed by atoms with Crippen LogP contribution in [0.15, 0.2) is 41.2 Å². The van der Waals surface area contributed by atoms with Gasteiger partial charge in [0.05, 0.1) is 30.3 Å². The van der Waals surface area contributed by atoms with Crippen LogP contribution in [0.2, 0.25) is 0 Å². The minimum Gasteiger partial charge on any atom is -0.496 e. The number of rotatable bonds is 8. The van der Waals surface area contributed by atoms with Crippen molar-refractivity contribution in [3.8, 4) is 5.75 Å². The summed E-state index contributed by atoms with van der Waals surface area (Å²) in [5, 5.41) is 2.67. The number of hydrogen-bond donors (Lipinski definition) is 3. The first kappa shape index (κ1) is 21.1. The predicted molar refractivity (Wildman–Crippen MR) is 111 cm³/mol. The van der Waals surface area contributed by atoms with Crippen molar-refractivity contribution < 1.29 is 23.8 Å². The standard InChI is InChI=1S/C21H23N3O6/c1-4-29-11-14-9-13(5-8-18(14)28-3)20(26)30-12(2)19(25)22-15-6-7-16-17(10-15)24-21(27)23-16/h5-10,12H,4,11H2,1-3H3,(H,22,25)(H2,23,24,27)/t12-/m1/s1. The summed E-state index contributed by atoms with van der Waals surface area (Å²) in [6, 6.07) is 9.76. The summed E-state index contributed by atoms with van der Waals surface area (Å²) in [5.74, 6) is -0.531. The van der Waals surface area contributed by atoms with Crippen LogP contribution in [0, 0.1) is 0 Å². The second-order valence-corrected chi connectivity index (χ2v) is 6.54. The molecule has 158 valence electrons. The fourth-order valence-electron chi connectivity index (χ4n) is 2.87. The monoisotopic (exact) mass is 413 g/mol. The van der Waals surface area contributed by atoms with Gasteiger partial charge in [-0.15, -0.1) is 0 Å². The van der Waals surface area contributed by atoms with Gasteiger partial charge < -0.3 is 29.5 Å². The topological polar surface area (TPSA) is 123 Å². The third-order valence-corrected chi connectivity index (χ3v) is 4.41. The van der Waals surface area contributed by atoms with Crippen molar-refractivity contribution in [3.63, 3.8) is 0 Å². The Balaban J connectivity index is 1.66. The quantitative estimate of drug-likeness (QED) is 0.488. The highest BCUT2D eigenvalue weighted by Crippen LogP contribution is 2.22. The van der Waals surface area contributed by atoms with Crippen LogP contribution in [0.4, 0.5) is 5.69 Å². The van der Waals surface area contributed by atoms with E-state index >= 15 is 0 Å². The molecule has 3 aromatic rings. The molecule has 1 amide bonds. The lowest BCUT2D eigenvalue weighted by Crippen LogP contribution is -2.30. The Morgan fingerprint density at radius 2 is 1.87 bits per heavy atom. The third kappa shape index (κ3) is 4.87. The number of esters is 1. The van der Waals surface area contributed by atoms with E-state index < -0.39 is 18.0 Å². The molecule has 3 N–H and O–H groups in total. The van der Waals surface area contributed by atoms with Crippen LogP contribution >= 0.6 is 0 Å². The summed E-state index contributed by atoms with van der Waals surface area (Å²) in [6.07, 6.45) is -1.03. The van der Waals surface area contributed by atoms with Crippen LogP contribution < -0.4 is 15.7 Å². The van der Waals surface area contributed by atoms with Crippen molar-refractivity contribution in [1.29, 1.82) is 0 Å². The fraction of sp³-hybridized carbons (Fsp3) is 0.286. The Bertz CT molecular complexity index is 1120. The molecule has 9 heteroatoms. The average molecular weight is 413 g/mol. The van der Waals surface area contributed by atoms with E-state index in [0.717, 1.165) is 0 Å². The number of aromatic nitrogens is 2. The van der Waals surface area contributed by atoms with Gasteiger partial charge in [0.25, 0.3) is 5.91 Å². The number of nitrogens with one attached hydrogen (secondary N) is 3. The van der Waals surface area contributed by atoms with Gasteiger partial charge in [-0.25, -0.2) is 9.59 Å². The molecule has 9 nitrogen and oxygen atoms in total. The van der Waals surface area contributed by atoms with E-state index in [-0.39, 0.29) is 11.3 Å². The molecule has 30 heavy (non-hydrogen) atoms. The summed E-state index contributed by atoms with van der Waals surface area (Å²) < 4.78 is 16.0. The molecule has 0 bridgehead atoms. The van der Waals surface area contributed by atoms with Gasteiger partial charge in [0, 0.05) is 17.9 Å². The molecule has 1 heterocycles. The number of anilines is 1. The van der Waals surface area contributed by atoms with Crippen molar-refractivity contribution in [1.82, 2.24) is 9.97 Å². The maximum absolute atomic E-state index is 12.5. The number of carbonyl (C=O) groups excluding carboxylic acids is 2. The van der Waals surface area contributed by atoms with E-state index in [1.54, 1.807) is 36.4 Å². The number of H-pyrrole nitrogens is 2. The van der Waals surface area contributed by atoms with Gasteiger partial charge >= 0.3 is 11.7 Å². The summed E-state index contributed by atoms with van der Waals surface area (Å²) in [4.78, 5) is 41.5. The van der Waals surface area contributed by atoms with Gasteiger partial charge in [0.15, 0.2) is 6.10 Å². The highest BCUT2D eigenvalue weighted by molar-refractivity contribution is 5.98. The maximum atomic E-state index is 12.5. The molecule has 0 saturated heterocycles. The van der Waals surface area contributed by atoms with E-state index in [0.29, 0.717) is 41.2 Å². The maximum Gasteiger partial charge on any atom is 0.338 e.